The molecule has 0 radical (unpaired) electrons. The summed E-state index contributed by atoms with van der Waals surface area (Å²) in [6.45, 7) is 1.03. The average molecular weight is 270 g/mol. The maximum atomic E-state index is 9.45. The van der Waals surface area contributed by atoms with E-state index in [1.807, 2.05) is 18.2 Å². The van der Waals surface area contributed by atoms with Crippen LogP contribution in [0.3, 0.4) is 0 Å². The molecule has 1 saturated carbocycles. The third-order valence-corrected chi connectivity index (χ3v) is 3.83. The molecule has 1 fully saturated rings. The minimum atomic E-state index is -0.00175. The van der Waals surface area contributed by atoms with Gasteiger partial charge in [0.1, 0.15) is 0 Å². The van der Waals surface area contributed by atoms with E-state index in [-0.39, 0.29) is 13.2 Å². The van der Waals surface area contributed by atoms with Crippen LogP contribution >= 0.6 is 11.6 Å². The molecule has 0 atom stereocenters. The summed E-state index contributed by atoms with van der Waals surface area (Å²) < 4.78 is 0. The highest BCUT2D eigenvalue weighted by Crippen LogP contribution is 2.33. The molecule has 1 aromatic rings. The first kappa shape index (κ1) is 13.7. The Bertz CT molecular complexity index is 393. The third kappa shape index (κ3) is 2.97. The molecule has 0 aliphatic heterocycles. The van der Waals surface area contributed by atoms with Crippen LogP contribution < -0.4 is 4.90 Å². The number of benzene rings is 1. The van der Waals surface area contributed by atoms with Gasteiger partial charge in [0.05, 0.1) is 6.61 Å². The molecule has 2 rings (SSSR count). The Hall–Kier alpha value is -0.770. The fraction of sp³-hybridized carbons (Fsp3) is 0.571. The normalized spacial score (nSPS) is 15.5. The van der Waals surface area contributed by atoms with Crippen LogP contribution in [-0.2, 0) is 6.61 Å². The highest BCUT2D eigenvalue weighted by Gasteiger charge is 2.26. The molecule has 100 valence electrons. The Morgan fingerprint density at radius 3 is 2.61 bits per heavy atom. The first-order valence-corrected chi connectivity index (χ1v) is 6.91. The SMILES string of the molecule is OCCCN(c1ccc(Cl)cc1CO)C1CCC1. The van der Waals surface area contributed by atoms with Gasteiger partial charge in [-0.25, -0.2) is 0 Å². The molecule has 1 aromatic carbocycles. The lowest BCUT2D eigenvalue weighted by Crippen LogP contribution is -2.41. The van der Waals surface area contributed by atoms with Gasteiger partial charge in [-0.15, -0.1) is 0 Å². The van der Waals surface area contributed by atoms with E-state index >= 15 is 0 Å². The first-order chi connectivity index (χ1) is 8.76. The zero-order valence-electron chi connectivity index (χ0n) is 10.5. The number of aliphatic hydroxyl groups excluding tert-OH is 2. The topological polar surface area (TPSA) is 43.7 Å². The van der Waals surface area contributed by atoms with Crippen molar-refractivity contribution in [2.45, 2.75) is 38.3 Å². The minimum Gasteiger partial charge on any atom is -0.396 e. The molecule has 3 nitrogen and oxygen atoms in total. The molecule has 0 heterocycles. The van der Waals surface area contributed by atoms with Crippen LogP contribution in [0.2, 0.25) is 5.02 Å². The summed E-state index contributed by atoms with van der Waals surface area (Å²) >= 11 is 5.96. The molecule has 18 heavy (non-hydrogen) atoms. The van der Waals surface area contributed by atoms with Gasteiger partial charge in [0.2, 0.25) is 0 Å². The van der Waals surface area contributed by atoms with Crippen LogP contribution in [0.15, 0.2) is 18.2 Å². The van der Waals surface area contributed by atoms with Gasteiger partial charge in [-0.05, 0) is 43.9 Å². The Morgan fingerprint density at radius 2 is 2.06 bits per heavy atom. The van der Waals surface area contributed by atoms with E-state index in [0.29, 0.717) is 11.1 Å². The molecule has 0 spiro atoms. The van der Waals surface area contributed by atoms with Crippen molar-refractivity contribution in [1.82, 2.24) is 0 Å². The quantitative estimate of drug-likeness (QED) is 0.834. The second kappa shape index (κ2) is 6.41. The summed E-state index contributed by atoms with van der Waals surface area (Å²) in [6, 6.07) is 6.20. The molecule has 0 bridgehead atoms. The maximum Gasteiger partial charge on any atom is 0.0702 e. The highest BCUT2D eigenvalue weighted by molar-refractivity contribution is 6.30. The number of halogens is 1. The van der Waals surface area contributed by atoms with Crippen molar-refractivity contribution in [3.63, 3.8) is 0 Å². The van der Waals surface area contributed by atoms with Gasteiger partial charge in [0, 0.05) is 35.5 Å². The van der Waals surface area contributed by atoms with Gasteiger partial charge in [0.15, 0.2) is 0 Å². The van der Waals surface area contributed by atoms with Crippen molar-refractivity contribution in [3.8, 4) is 0 Å². The predicted octanol–water partition coefficient (Wildman–Crippen LogP) is 2.57. The van der Waals surface area contributed by atoms with Gasteiger partial charge in [-0.1, -0.05) is 11.6 Å². The number of anilines is 1. The van der Waals surface area contributed by atoms with Gasteiger partial charge in [-0.3, -0.25) is 0 Å². The number of hydrogen-bond donors (Lipinski definition) is 2. The van der Waals surface area contributed by atoms with E-state index < -0.39 is 0 Å². The molecule has 1 aliphatic carbocycles. The van der Waals surface area contributed by atoms with Crippen LogP contribution in [0.5, 0.6) is 0 Å². The second-order valence-corrected chi connectivity index (χ2v) is 5.22. The zero-order chi connectivity index (χ0) is 13.0. The fourth-order valence-electron chi connectivity index (χ4n) is 2.40. The molecule has 0 saturated heterocycles. The van der Waals surface area contributed by atoms with Crippen molar-refractivity contribution >= 4 is 17.3 Å². The van der Waals surface area contributed by atoms with E-state index in [1.54, 1.807) is 0 Å². The molecular formula is C14H20ClNO2. The Balaban J connectivity index is 2.22. The molecule has 0 amide bonds. The summed E-state index contributed by atoms with van der Waals surface area (Å²) in [6.07, 6.45) is 4.41. The van der Waals surface area contributed by atoms with Gasteiger partial charge >= 0.3 is 0 Å². The lowest BCUT2D eigenvalue weighted by Gasteiger charge is -2.40. The summed E-state index contributed by atoms with van der Waals surface area (Å²) in [7, 11) is 0. The Morgan fingerprint density at radius 1 is 1.28 bits per heavy atom. The van der Waals surface area contributed by atoms with Crippen molar-refractivity contribution < 1.29 is 10.2 Å². The largest absolute Gasteiger partial charge is 0.396 e. The predicted molar refractivity (Wildman–Crippen MR) is 74.1 cm³/mol. The van der Waals surface area contributed by atoms with Gasteiger partial charge in [-0.2, -0.15) is 0 Å². The number of aliphatic hydroxyl groups is 2. The van der Waals surface area contributed by atoms with E-state index in [0.717, 1.165) is 24.2 Å². The van der Waals surface area contributed by atoms with E-state index in [1.165, 1.54) is 19.3 Å². The van der Waals surface area contributed by atoms with Crippen LogP contribution in [-0.4, -0.2) is 29.4 Å². The van der Waals surface area contributed by atoms with Crippen LogP contribution in [0, 0.1) is 0 Å². The van der Waals surface area contributed by atoms with Crippen molar-refractivity contribution in [3.05, 3.63) is 28.8 Å². The summed E-state index contributed by atoms with van der Waals surface area (Å²) in [5.74, 6) is 0. The maximum absolute atomic E-state index is 9.45. The molecule has 1 aliphatic rings. The van der Waals surface area contributed by atoms with Crippen molar-refractivity contribution in [2.75, 3.05) is 18.1 Å². The van der Waals surface area contributed by atoms with Gasteiger partial charge in [0.25, 0.3) is 0 Å². The van der Waals surface area contributed by atoms with E-state index in [4.69, 9.17) is 16.7 Å². The molecular weight excluding hydrogens is 250 g/mol. The number of nitrogens with zero attached hydrogens (tertiary/aromatic N) is 1. The first-order valence-electron chi connectivity index (χ1n) is 6.53. The van der Waals surface area contributed by atoms with Gasteiger partial charge < -0.3 is 15.1 Å². The second-order valence-electron chi connectivity index (χ2n) is 4.79. The molecule has 4 heteroatoms. The summed E-state index contributed by atoms with van der Waals surface area (Å²) in [5, 5.41) is 19.1. The lowest BCUT2D eigenvalue weighted by atomic mass is 9.90. The minimum absolute atomic E-state index is 0.00175. The lowest BCUT2D eigenvalue weighted by molar-refractivity contribution is 0.277. The molecule has 0 unspecified atom stereocenters. The Kier molecular flexibility index (Phi) is 4.87. The van der Waals surface area contributed by atoms with E-state index in [2.05, 4.69) is 4.90 Å². The third-order valence-electron chi connectivity index (χ3n) is 3.59. The van der Waals surface area contributed by atoms with Crippen molar-refractivity contribution in [1.29, 1.82) is 0 Å². The van der Waals surface area contributed by atoms with Crippen LogP contribution in [0.1, 0.15) is 31.2 Å². The highest BCUT2D eigenvalue weighted by atomic mass is 35.5. The summed E-state index contributed by atoms with van der Waals surface area (Å²) in [4.78, 5) is 2.31. The van der Waals surface area contributed by atoms with Crippen molar-refractivity contribution in [2.24, 2.45) is 0 Å². The monoisotopic (exact) mass is 269 g/mol. The van der Waals surface area contributed by atoms with Crippen LogP contribution in [0.25, 0.3) is 0 Å². The smallest absolute Gasteiger partial charge is 0.0702 e. The fourth-order valence-corrected chi connectivity index (χ4v) is 2.59. The zero-order valence-corrected chi connectivity index (χ0v) is 11.2. The van der Waals surface area contributed by atoms with E-state index in [9.17, 15) is 5.11 Å². The molecule has 2 N–H and O–H groups in total. The average Bonchev–Trinajstić information content (AvgIpc) is 2.32. The standard InChI is InChI=1S/C14H20ClNO2/c15-12-5-6-14(11(9-12)10-18)16(7-2-8-17)13-3-1-4-13/h5-6,9,13,17-18H,1-4,7-8,10H2. The summed E-state index contributed by atoms with van der Waals surface area (Å²) in [5.41, 5.74) is 1.92. The number of hydrogen-bond acceptors (Lipinski definition) is 3. The molecule has 0 aromatic heterocycles. The Labute approximate surface area is 113 Å². The number of rotatable bonds is 6. The van der Waals surface area contributed by atoms with Crippen LogP contribution in [0.4, 0.5) is 5.69 Å².